The first kappa shape index (κ1) is 34.1. The summed E-state index contributed by atoms with van der Waals surface area (Å²) in [7, 11) is 1.89. The highest BCUT2D eigenvalue weighted by Gasteiger charge is 2.25. The maximum Gasteiger partial charge on any atom is 0.269 e. The van der Waals surface area contributed by atoms with Crippen LogP contribution in [0.2, 0.25) is 0 Å². The fraction of sp³-hybridized carbons (Fsp3) is 0.533. The smallest absolute Gasteiger partial charge is 0.269 e. The Hall–Kier alpha value is -3.15. The molecule has 1 aliphatic rings. The molecule has 10 nitrogen and oxygen atoms in total. The quantitative estimate of drug-likeness (QED) is 0.351. The summed E-state index contributed by atoms with van der Waals surface area (Å²) in [5, 5.41) is 6.13. The van der Waals surface area contributed by atoms with E-state index in [1.807, 2.05) is 59.8 Å². The molecule has 0 saturated heterocycles. The molecule has 0 unspecified atom stereocenters. The number of carbonyl (C=O) groups is 1. The first-order chi connectivity index (χ1) is 19.6. The molecule has 11 heteroatoms. The van der Waals surface area contributed by atoms with E-state index in [0.29, 0.717) is 43.5 Å². The molecular weight excluding hydrogens is 538 g/mol. The molecule has 0 fully saturated rings. The van der Waals surface area contributed by atoms with Crippen LogP contribution in [0.25, 0.3) is 5.57 Å². The lowest BCUT2D eigenvalue weighted by Crippen LogP contribution is -2.36. The number of anilines is 2. The molecule has 0 spiro atoms. The van der Waals surface area contributed by atoms with Gasteiger partial charge in [0.05, 0.1) is 10.6 Å². The fourth-order valence-corrected chi connectivity index (χ4v) is 5.94. The Morgan fingerprint density at radius 3 is 2.34 bits per heavy atom. The molecule has 0 radical (unpaired) electrons. The van der Waals surface area contributed by atoms with E-state index in [1.54, 1.807) is 31.3 Å². The second-order valence-electron chi connectivity index (χ2n) is 9.80. The van der Waals surface area contributed by atoms with Crippen molar-refractivity contribution in [2.24, 2.45) is 4.99 Å². The highest BCUT2D eigenvalue weighted by molar-refractivity contribution is 7.89. The number of carbonyl (C=O) groups excluding carboxylic acids is 1. The number of nitrogens with one attached hydrogen (secondary N) is 2. The zero-order chi connectivity index (χ0) is 30.6. The normalized spacial score (nSPS) is 13.9. The van der Waals surface area contributed by atoms with Crippen LogP contribution in [0.4, 0.5) is 11.6 Å². The van der Waals surface area contributed by atoms with Crippen LogP contribution in [0.5, 0.6) is 0 Å². The van der Waals surface area contributed by atoms with Gasteiger partial charge in [0.25, 0.3) is 5.91 Å². The summed E-state index contributed by atoms with van der Waals surface area (Å²) in [6, 6.07) is 6.63. The number of amides is 1. The number of sulfonamides is 1. The number of allylic oxidation sites excluding steroid dienone is 1. The van der Waals surface area contributed by atoms with Crippen molar-refractivity contribution < 1.29 is 13.2 Å². The third-order valence-corrected chi connectivity index (χ3v) is 8.69. The summed E-state index contributed by atoms with van der Waals surface area (Å²) in [5.74, 6) is 0.236. The zero-order valence-corrected chi connectivity index (χ0v) is 26.7. The van der Waals surface area contributed by atoms with Crippen molar-refractivity contribution in [1.82, 2.24) is 24.5 Å². The molecule has 3 rings (SSSR count). The molecular formula is C30H47N7O3S. The van der Waals surface area contributed by atoms with Gasteiger partial charge in [0.1, 0.15) is 5.71 Å². The number of hydrogen-bond donors (Lipinski definition) is 2. The van der Waals surface area contributed by atoms with Crippen molar-refractivity contribution in [3.8, 4) is 0 Å². The van der Waals surface area contributed by atoms with Crippen LogP contribution in [0, 0.1) is 0 Å². The van der Waals surface area contributed by atoms with Crippen molar-refractivity contribution in [3.05, 3.63) is 47.3 Å². The van der Waals surface area contributed by atoms with Gasteiger partial charge in [0, 0.05) is 45.1 Å². The number of aromatic nitrogens is 2. The summed E-state index contributed by atoms with van der Waals surface area (Å²) >= 11 is 0. The molecule has 0 bridgehead atoms. The molecule has 2 aromatic rings. The summed E-state index contributed by atoms with van der Waals surface area (Å²) in [6.45, 7) is 11.9. The van der Waals surface area contributed by atoms with Gasteiger partial charge in [-0.1, -0.05) is 27.7 Å². The Morgan fingerprint density at radius 1 is 1.07 bits per heavy atom. The minimum Gasteiger partial charge on any atom is -0.351 e. The van der Waals surface area contributed by atoms with Crippen LogP contribution >= 0.6 is 0 Å². The minimum absolute atomic E-state index is 0.164. The first-order valence-electron chi connectivity index (χ1n) is 14.5. The molecule has 1 aromatic carbocycles. The largest absolute Gasteiger partial charge is 0.351 e. The van der Waals surface area contributed by atoms with E-state index in [9.17, 15) is 13.2 Å². The van der Waals surface area contributed by atoms with Crippen molar-refractivity contribution >= 4 is 38.9 Å². The van der Waals surface area contributed by atoms with Gasteiger partial charge < -0.3 is 15.5 Å². The van der Waals surface area contributed by atoms with E-state index in [-0.39, 0.29) is 10.8 Å². The predicted octanol–water partition coefficient (Wildman–Crippen LogP) is 4.53. The Balaban J connectivity index is 0.00000287. The van der Waals surface area contributed by atoms with E-state index in [0.717, 1.165) is 48.1 Å². The van der Waals surface area contributed by atoms with E-state index in [1.165, 1.54) is 4.31 Å². The number of rotatable bonds is 12. The lowest BCUT2D eigenvalue weighted by Gasteiger charge is -2.22. The molecule has 41 heavy (non-hydrogen) atoms. The van der Waals surface area contributed by atoms with Gasteiger partial charge in [-0.3, -0.25) is 9.79 Å². The predicted molar refractivity (Wildman–Crippen MR) is 168 cm³/mol. The standard InChI is InChI=1S/C28H41N7O3S.C2H6/c1-7-16-30-27(36)26(29-4)24-11-9-10-21-19-31-28(33-25(21)20(24)3)32-22-12-14-23(15-13-22)39(37,38)35(8-2)18-17-34(5)6;1-2/h12-15,19H,7-11,16-18H2,1-6H3,(H,30,36)(H,31,32,33);1-2H3. The average molecular weight is 586 g/mol. The van der Waals surface area contributed by atoms with Crippen LogP contribution < -0.4 is 10.6 Å². The van der Waals surface area contributed by atoms with Crippen LogP contribution in [0.1, 0.15) is 65.1 Å². The second kappa shape index (κ2) is 16.3. The van der Waals surface area contributed by atoms with Crippen molar-refractivity contribution in [2.75, 3.05) is 52.6 Å². The van der Waals surface area contributed by atoms with Gasteiger partial charge in [-0.05, 0) is 87.7 Å². The number of fused-ring (bicyclic) bond motifs is 1. The summed E-state index contributed by atoms with van der Waals surface area (Å²) in [4.78, 5) is 28.6. The van der Waals surface area contributed by atoms with Gasteiger partial charge >= 0.3 is 0 Å². The Labute approximate surface area is 246 Å². The molecule has 1 heterocycles. The molecule has 0 atom stereocenters. The molecule has 0 aliphatic heterocycles. The van der Waals surface area contributed by atoms with Gasteiger partial charge in [-0.15, -0.1) is 0 Å². The van der Waals surface area contributed by atoms with Crippen molar-refractivity contribution in [3.63, 3.8) is 0 Å². The third kappa shape index (κ3) is 8.92. The Kier molecular flexibility index (Phi) is 13.6. The first-order valence-corrected chi connectivity index (χ1v) is 15.9. The van der Waals surface area contributed by atoms with Crippen LogP contribution in [-0.4, -0.2) is 86.5 Å². The number of likely N-dealkylation sites (N-methyl/N-ethyl adjacent to an activating group) is 2. The minimum atomic E-state index is -3.59. The SMILES string of the molecule is CC.CCCNC(=O)C(=NC)C1=C(C)c2nc(Nc3ccc(S(=O)(=O)N(CC)CCN(C)C)cc3)ncc2CCC1. The maximum absolute atomic E-state index is 13.1. The monoisotopic (exact) mass is 585 g/mol. The van der Waals surface area contributed by atoms with Crippen LogP contribution in [0.15, 0.2) is 45.9 Å². The number of hydrogen-bond acceptors (Lipinski definition) is 8. The van der Waals surface area contributed by atoms with Crippen molar-refractivity contribution in [1.29, 1.82) is 0 Å². The van der Waals surface area contributed by atoms with Gasteiger partial charge in [0.15, 0.2) is 0 Å². The van der Waals surface area contributed by atoms with Gasteiger partial charge in [-0.2, -0.15) is 4.31 Å². The van der Waals surface area contributed by atoms with Gasteiger partial charge in [-0.25, -0.2) is 18.4 Å². The maximum atomic E-state index is 13.1. The summed E-state index contributed by atoms with van der Waals surface area (Å²) in [6.07, 6.45) is 5.08. The number of aryl methyl sites for hydroxylation is 1. The van der Waals surface area contributed by atoms with E-state index >= 15 is 0 Å². The number of benzene rings is 1. The lowest BCUT2D eigenvalue weighted by molar-refractivity contribution is -0.114. The molecule has 1 aromatic heterocycles. The van der Waals surface area contributed by atoms with E-state index in [2.05, 4.69) is 20.6 Å². The summed E-state index contributed by atoms with van der Waals surface area (Å²) in [5.41, 5.74) is 4.76. The van der Waals surface area contributed by atoms with E-state index in [4.69, 9.17) is 4.98 Å². The third-order valence-electron chi connectivity index (χ3n) is 6.70. The zero-order valence-electron chi connectivity index (χ0n) is 25.9. The molecule has 226 valence electrons. The van der Waals surface area contributed by atoms with Gasteiger partial charge in [0.2, 0.25) is 16.0 Å². The topological polar surface area (TPSA) is 120 Å². The number of nitrogens with zero attached hydrogens (tertiary/aromatic N) is 5. The van der Waals surface area contributed by atoms with Crippen LogP contribution in [0.3, 0.4) is 0 Å². The molecule has 2 N–H and O–H groups in total. The van der Waals surface area contributed by atoms with E-state index < -0.39 is 10.0 Å². The molecule has 1 amide bonds. The summed E-state index contributed by atoms with van der Waals surface area (Å²) < 4.78 is 27.7. The second-order valence-corrected chi connectivity index (χ2v) is 11.7. The van der Waals surface area contributed by atoms with Crippen molar-refractivity contribution in [2.45, 2.75) is 65.2 Å². The van der Waals surface area contributed by atoms with Crippen LogP contribution in [-0.2, 0) is 21.2 Å². The average Bonchev–Trinajstić information content (AvgIpc) is 3.12. The fourth-order valence-electron chi connectivity index (χ4n) is 4.50. The Morgan fingerprint density at radius 2 is 1.76 bits per heavy atom. The molecule has 0 saturated carbocycles. The number of aliphatic imine (C=N–C) groups is 1. The molecule has 1 aliphatic carbocycles. The lowest BCUT2D eigenvalue weighted by atomic mass is 9.98. The Bertz CT molecular complexity index is 1320. The highest BCUT2D eigenvalue weighted by atomic mass is 32.2. The highest BCUT2D eigenvalue weighted by Crippen LogP contribution is 2.30.